The number of hydrogen-bond donors (Lipinski definition) is 2. The van der Waals surface area contributed by atoms with Gasteiger partial charge in [-0.3, -0.25) is 0 Å². The van der Waals surface area contributed by atoms with Gasteiger partial charge in [0.2, 0.25) is 0 Å². The number of aliphatic hydroxyl groups is 2. The number of nitrogens with zero attached hydrogens (tertiary/aromatic N) is 1. The predicted octanol–water partition coefficient (Wildman–Crippen LogP) is 5.99. The molecular weight excluding hydrogens is 410 g/mol. The van der Waals surface area contributed by atoms with Crippen LogP contribution in [0.25, 0.3) is 0 Å². The Morgan fingerprint density at radius 1 is 1.00 bits per heavy atom. The summed E-state index contributed by atoms with van der Waals surface area (Å²) in [7, 11) is 0. The molecule has 10 atom stereocenters. The van der Waals surface area contributed by atoms with E-state index in [0.29, 0.717) is 40.4 Å². The molecule has 4 saturated carbocycles. The summed E-state index contributed by atoms with van der Waals surface area (Å²) in [5, 5.41) is 22.3. The van der Waals surface area contributed by atoms with Gasteiger partial charge in [-0.1, -0.05) is 20.8 Å². The Hall–Kier alpha value is -0.610. The summed E-state index contributed by atoms with van der Waals surface area (Å²) >= 11 is 0. The van der Waals surface area contributed by atoms with Crippen molar-refractivity contribution in [2.24, 2.45) is 51.3 Å². The third kappa shape index (κ3) is 3.90. The fourth-order valence-corrected chi connectivity index (χ4v) is 9.90. The Kier molecular flexibility index (Phi) is 5.81. The molecule has 1 unspecified atom stereocenters. The van der Waals surface area contributed by atoms with Crippen molar-refractivity contribution in [1.82, 2.24) is 0 Å². The quantitative estimate of drug-likeness (QED) is 0.543. The third-order valence-electron chi connectivity index (χ3n) is 11.6. The lowest BCUT2D eigenvalue weighted by Gasteiger charge is -2.65. The highest BCUT2D eigenvalue weighted by molar-refractivity contribution is 5.78. The first-order chi connectivity index (χ1) is 15.4. The van der Waals surface area contributed by atoms with Crippen LogP contribution in [0, 0.1) is 46.3 Å². The molecule has 4 aliphatic carbocycles. The zero-order chi connectivity index (χ0) is 23.8. The van der Waals surface area contributed by atoms with Crippen LogP contribution < -0.4 is 0 Å². The van der Waals surface area contributed by atoms with Crippen LogP contribution in [0.3, 0.4) is 0 Å². The molecule has 5 aliphatic rings. The molecule has 4 heteroatoms. The molecule has 1 aliphatic heterocycles. The fraction of sp³-hybridized carbons (Fsp3) is 0.966. The van der Waals surface area contributed by atoms with Crippen LogP contribution in [-0.4, -0.2) is 40.0 Å². The average Bonchev–Trinajstić information content (AvgIpc) is 3.26. The van der Waals surface area contributed by atoms with Gasteiger partial charge in [0, 0.05) is 6.42 Å². The first kappa shape index (κ1) is 24.1. The van der Waals surface area contributed by atoms with Crippen LogP contribution in [0.15, 0.2) is 4.99 Å². The molecule has 0 spiro atoms. The van der Waals surface area contributed by atoms with Crippen LogP contribution in [0.2, 0.25) is 0 Å². The van der Waals surface area contributed by atoms with E-state index < -0.39 is 5.60 Å². The largest absolute Gasteiger partial charge is 0.478 e. The van der Waals surface area contributed by atoms with Crippen LogP contribution >= 0.6 is 0 Å². The molecule has 0 saturated heterocycles. The van der Waals surface area contributed by atoms with Gasteiger partial charge in [0.25, 0.3) is 0 Å². The fourth-order valence-electron chi connectivity index (χ4n) is 9.90. The number of hydrogen-bond acceptors (Lipinski definition) is 4. The summed E-state index contributed by atoms with van der Waals surface area (Å²) < 4.78 is 5.88. The Labute approximate surface area is 202 Å². The lowest BCUT2D eigenvalue weighted by atomic mass is 9.41. The smallest absolute Gasteiger partial charge is 0.183 e. The van der Waals surface area contributed by atoms with Crippen molar-refractivity contribution < 1.29 is 14.9 Å². The molecule has 0 aromatic rings. The SMILES string of the molecule is C[C@H](CCC1=NC(C)(C)CO1)[C@H]1CC[C@H]2[C@H]3[C@H](CC[C@]12C)[C@@]1(C)CC[C@H](O)C[C@H]1CC3(C)O. The van der Waals surface area contributed by atoms with Crippen LogP contribution in [0.1, 0.15) is 106 Å². The van der Waals surface area contributed by atoms with E-state index in [-0.39, 0.29) is 11.6 Å². The number of ether oxygens (including phenoxy) is 1. The van der Waals surface area contributed by atoms with Crippen molar-refractivity contribution in [2.75, 3.05) is 6.61 Å². The van der Waals surface area contributed by atoms with E-state index in [1.54, 1.807) is 0 Å². The summed E-state index contributed by atoms with van der Waals surface area (Å²) in [6.07, 6.45) is 10.9. The van der Waals surface area contributed by atoms with Crippen molar-refractivity contribution in [1.29, 1.82) is 0 Å². The molecule has 1 heterocycles. The third-order valence-corrected chi connectivity index (χ3v) is 11.6. The topological polar surface area (TPSA) is 62.0 Å². The minimum atomic E-state index is -0.603. The van der Waals surface area contributed by atoms with E-state index in [1.807, 2.05) is 0 Å². The number of aliphatic imine (C=N–C) groups is 1. The van der Waals surface area contributed by atoms with Crippen molar-refractivity contribution in [3.63, 3.8) is 0 Å². The molecule has 188 valence electrons. The van der Waals surface area contributed by atoms with Gasteiger partial charge in [0.05, 0.1) is 17.2 Å². The Balaban J connectivity index is 1.33. The number of aliphatic hydroxyl groups excluding tert-OH is 1. The molecule has 5 rings (SSSR count). The average molecular weight is 460 g/mol. The summed E-state index contributed by atoms with van der Waals surface area (Å²) in [6.45, 7) is 14.7. The van der Waals surface area contributed by atoms with Gasteiger partial charge in [0.1, 0.15) is 6.61 Å². The Morgan fingerprint density at radius 3 is 2.39 bits per heavy atom. The number of rotatable bonds is 4. The Bertz CT molecular complexity index is 790. The van der Waals surface area contributed by atoms with E-state index in [9.17, 15) is 10.2 Å². The van der Waals surface area contributed by atoms with Gasteiger partial charge in [-0.15, -0.1) is 0 Å². The zero-order valence-electron chi connectivity index (χ0n) is 22.1. The van der Waals surface area contributed by atoms with Gasteiger partial charge < -0.3 is 14.9 Å². The minimum absolute atomic E-state index is 0.0584. The summed E-state index contributed by atoms with van der Waals surface area (Å²) in [4.78, 5) is 4.79. The van der Waals surface area contributed by atoms with Gasteiger partial charge in [-0.05, 0) is 125 Å². The molecule has 0 aromatic heterocycles. The first-order valence-corrected chi connectivity index (χ1v) is 14.0. The standard InChI is InChI=1S/C29H49NO3/c1-18(7-10-24-30-26(2,3)17-33-24)21-8-9-22-25-23(12-14-28(21,22)5)27(4)13-11-20(31)15-19(27)16-29(25,6)32/h18-23,25,31-32H,7-17H2,1-6H3/t18-,19+,20+,21-,22+,23+,25+,27+,28-,29?/m1/s1. The maximum atomic E-state index is 11.9. The molecule has 4 fully saturated rings. The molecule has 4 nitrogen and oxygen atoms in total. The molecule has 0 aromatic carbocycles. The van der Waals surface area contributed by atoms with E-state index in [2.05, 4.69) is 41.5 Å². The van der Waals surface area contributed by atoms with Crippen LogP contribution in [0.4, 0.5) is 0 Å². The molecule has 0 bridgehead atoms. The second kappa shape index (κ2) is 7.95. The van der Waals surface area contributed by atoms with E-state index in [1.165, 1.54) is 25.7 Å². The zero-order valence-corrected chi connectivity index (χ0v) is 22.1. The van der Waals surface area contributed by atoms with Gasteiger partial charge in [0.15, 0.2) is 5.90 Å². The van der Waals surface area contributed by atoms with Gasteiger partial charge in [-0.25, -0.2) is 4.99 Å². The van der Waals surface area contributed by atoms with E-state index in [4.69, 9.17) is 9.73 Å². The van der Waals surface area contributed by atoms with Gasteiger partial charge >= 0.3 is 0 Å². The lowest BCUT2D eigenvalue weighted by Crippen LogP contribution is -2.62. The highest BCUT2D eigenvalue weighted by atomic mass is 16.5. The van der Waals surface area contributed by atoms with Crippen molar-refractivity contribution in [3.8, 4) is 0 Å². The van der Waals surface area contributed by atoms with E-state index in [0.717, 1.165) is 56.9 Å². The monoisotopic (exact) mass is 459 g/mol. The first-order valence-electron chi connectivity index (χ1n) is 14.0. The van der Waals surface area contributed by atoms with Gasteiger partial charge in [-0.2, -0.15) is 0 Å². The van der Waals surface area contributed by atoms with Crippen molar-refractivity contribution in [2.45, 2.75) is 123 Å². The minimum Gasteiger partial charge on any atom is -0.478 e. The maximum absolute atomic E-state index is 11.9. The summed E-state index contributed by atoms with van der Waals surface area (Å²) in [5.74, 6) is 4.46. The molecule has 33 heavy (non-hydrogen) atoms. The second-order valence-corrected chi connectivity index (χ2v) is 14.3. The summed E-state index contributed by atoms with van der Waals surface area (Å²) in [5.41, 5.74) is -0.0348. The van der Waals surface area contributed by atoms with Crippen LogP contribution in [-0.2, 0) is 4.74 Å². The molecule has 0 radical (unpaired) electrons. The predicted molar refractivity (Wildman–Crippen MR) is 133 cm³/mol. The van der Waals surface area contributed by atoms with Crippen LogP contribution in [0.5, 0.6) is 0 Å². The normalized spacial score (nSPS) is 51.7. The highest BCUT2D eigenvalue weighted by Crippen LogP contribution is 2.70. The molecular formula is C29H49NO3. The summed E-state index contributed by atoms with van der Waals surface area (Å²) in [6, 6.07) is 0. The highest BCUT2D eigenvalue weighted by Gasteiger charge is 2.65. The lowest BCUT2D eigenvalue weighted by molar-refractivity contribution is -0.212. The maximum Gasteiger partial charge on any atom is 0.183 e. The van der Waals surface area contributed by atoms with E-state index >= 15 is 0 Å². The molecule has 0 amide bonds. The van der Waals surface area contributed by atoms with Crippen molar-refractivity contribution >= 4 is 5.90 Å². The second-order valence-electron chi connectivity index (χ2n) is 14.3. The number of fused-ring (bicyclic) bond motifs is 5. The Morgan fingerprint density at radius 2 is 1.70 bits per heavy atom. The van der Waals surface area contributed by atoms with Crippen molar-refractivity contribution in [3.05, 3.63) is 0 Å². The molecule has 2 N–H and O–H groups in total.